The molecule has 26 rings (SSSR count). The first-order chi connectivity index (χ1) is 60.5. The van der Waals surface area contributed by atoms with E-state index in [-0.39, 0.29) is 0 Å². The number of hydrogen-bond donors (Lipinski definition) is 0. The first kappa shape index (κ1) is 69.3. The summed E-state index contributed by atoms with van der Waals surface area (Å²) in [7, 11) is 0. The second-order valence-electron chi connectivity index (χ2n) is 31.1. The molecule has 568 valence electrons. The van der Waals surface area contributed by atoms with Gasteiger partial charge in [0.25, 0.3) is 0 Å². The number of thiophene rings is 2. The summed E-state index contributed by atoms with van der Waals surface area (Å²) in [6.45, 7) is 0. The molecule has 0 amide bonds. The molecule has 0 bridgehead atoms. The average molecular weight is 1590 g/mol. The van der Waals surface area contributed by atoms with E-state index >= 15 is 0 Å². The Balaban J connectivity index is 0.000000134. The van der Waals surface area contributed by atoms with Gasteiger partial charge in [0, 0.05) is 140 Å². The lowest BCUT2D eigenvalue weighted by Crippen LogP contribution is -2.00. The summed E-state index contributed by atoms with van der Waals surface area (Å²) >= 11 is 3.64. The molecule has 0 aliphatic carbocycles. The third-order valence-electron chi connectivity index (χ3n) is 24.3. The van der Waals surface area contributed by atoms with Crippen molar-refractivity contribution in [2.45, 2.75) is 0 Å². The van der Waals surface area contributed by atoms with Crippen LogP contribution in [0.2, 0.25) is 0 Å². The van der Waals surface area contributed by atoms with E-state index in [2.05, 4.69) is 346 Å². The summed E-state index contributed by atoms with van der Waals surface area (Å²) in [6.07, 6.45) is 0. The standard InChI is InChI=1S/2C55H33N5S/c1-4-16-34(17-5-1)53-56-54(35-18-6-2-7-19-35)58-55(57-53)44-33-51-52(41-25-11-10-22-38(41)44)45-30-37(28-29-50(45)61-51)60-47-27-15-13-24-40(47)43-31-48-42(32-49(43)60)39-23-12-14-26-46(39)59(48)36-20-8-3-9-21-36;1-4-16-34(17-5-1)53-56-54(35-18-6-2-7-19-35)58-55(57-53)42-33-49-50(39-23-11-10-22-38(39)42)43-32-37(28-31-48(43)61-49)60-45-27-15-13-25-41(45)52-47(60)30-29-46-51(52)40-24-12-14-26-44(40)59(46)36-20-8-3-9-21-36/h2*1-33H. The van der Waals surface area contributed by atoms with Crippen molar-refractivity contribution in [3.8, 4) is 91.1 Å². The van der Waals surface area contributed by atoms with Gasteiger partial charge >= 0.3 is 0 Å². The Morgan fingerprint density at radius 3 is 0.803 bits per heavy atom. The van der Waals surface area contributed by atoms with Gasteiger partial charge in [0.05, 0.1) is 44.1 Å². The van der Waals surface area contributed by atoms with E-state index < -0.39 is 0 Å². The first-order valence-electron chi connectivity index (χ1n) is 41.1. The van der Waals surface area contributed by atoms with Gasteiger partial charge in [0.15, 0.2) is 34.9 Å². The van der Waals surface area contributed by atoms with Crippen LogP contribution in [0.5, 0.6) is 0 Å². The Hall–Kier alpha value is -15.9. The zero-order valence-corrected chi connectivity index (χ0v) is 67.0. The molecule has 0 radical (unpaired) electrons. The molecule has 0 spiro atoms. The van der Waals surface area contributed by atoms with Gasteiger partial charge in [-0.3, -0.25) is 0 Å². The van der Waals surface area contributed by atoms with Crippen LogP contribution < -0.4 is 0 Å². The van der Waals surface area contributed by atoms with Crippen LogP contribution in [0.3, 0.4) is 0 Å². The number of nitrogens with zero attached hydrogens (tertiary/aromatic N) is 10. The van der Waals surface area contributed by atoms with Crippen LogP contribution in [0.25, 0.3) is 240 Å². The maximum atomic E-state index is 5.15. The molecule has 8 heterocycles. The van der Waals surface area contributed by atoms with E-state index in [0.717, 1.165) is 66.9 Å². The van der Waals surface area contributed by atoms with Crippen LogP contribution in [0.1, 0.15) is 0 Å². The normalized spacial score (nSPS) is 11.9. The van der Waals surface area contributed by atoms with Crippen molar-refractivity contribution in [3.63, 3.8) is 0 Å². The van der Waals surface area contributed by atoms with Crippen molar-refractivity contribution >= 4 is 172 Å². The molecule has 122 heavy (non-hydrogen) atoms. The Morgan fingerprint density at radius 1 is 0.156 bits per heavy atom. The van der Waals surface area contributed by atoms with Gasteiger partial charge in [0.1, 0.15) is 0 Å². The predicted octanol–water partition coefficient (Wildman–Crippen LogP) is 29.2. The van der Waals surface area contributed by atoms with Crippen molar-refractivity contribution in [3.05, 3.63) is 400 Å². The summed E-state index contributed by atoms with van der Waals surface area (Å²) in [4.78, 5) is 30.6. The highest BCUT2D eigenvalue weighted by Crippen LogP contribution is 2.49. The second-order valence-corrected chi connectivity index (χ2v) is 33.3. The lowest BCUT2D eigenvalue weighted by Gasteiger charge is -2.12. The fraction of sp³-hybridized carbons (Fsp3) is 0. The van der Waals surface area contributed by atoms with E-state index in [9.17, 15) is 0 Å². The smallest absolute Gasteiger partial charge is 0.164 e. The van der Waals surface area contributed by atoms with Crippen molar-refractivity contribution < 1.29 is 0 Å². The third-order valence-corrected chi connectivity index (χ3v) is 26.5. The minimum atomic E-state index is 0.655. The van der Waals surface area contributed by atoms with Gasteiger partial charge in [-0.05, 0) is 143 Å². The molecule has 0 aliphatic heterocycles. The number of fused-ring (bicyclic) bond motifs is 23. The van der Waals surface area contributed by atoms with Crippen LogP contribution in [-0.2, 0) is 0 Å². The monoisotopic (exact) mass is 1590 g/mol. The van der Waals surface area contributed by atoms with Crippen molar-refractivity contribution in [2.75, 3.05) is 0 Å². The second kappa shape index (κ2) is 27.9. The topological polar surface area (TPSA) is 97.1 Å². The molecule has 0 N–H and O–H groups in total. The summed E-state index contributed by atoms with van der Waals surface area (Å²) in [5, 5.41) is 19.5. The van der Waals surface area contributed by atoms with E-state index in [1.807, 2.05) is 95.5 Å². The summed E-state index contributed by atoms with van der Waals surface area (Å²) in [5.74, 6) is 3.94. The van der Waals surface area contributed by atoms with Crippen LogP contribution in [0.4, 0.5) is 0 Å². The van der Waals surface area contributed by atoms with Gasteiger partial charge in [-0.15, -0.1) is 22.7 Å². The summed E-state index contributed by atoms with van der Waals surface area (Å²) < 4.78 is 14.6. The Labute approximate surface area is 706 Å². The lowest BCUT2D eigenvalue weighted by molar-refractivity contribution is 1.08. The molecule has 0 unspecified atom stereocenters. The minimum Gasteiger partial charge on any atom is -0.309 e. The zero-order valence-electron chi connectivity index (χ0n) is 65.4. The fourth-order valence-corrected chi connectivity index (χ4v) is 21.3. The van der Waals surface area contributed by atoms with Gasteiger partial charge in [-0.2, -0.15) is 0 Å². The first-order valence-corrected chi connectivity index (χ1v) is 42.7. The molecule has 8 aromatic heterocycles. The number of hydrogen-bond acceptors (Lipinski definition) is 8. The highest BCUT2D eigenvalue weighted by molar-refractivity contribution is 7.26. The van der Waals surface area contributed by atoms with Crippen molar-refractivity contribution in [1.29, 1.82) is 0 Å². The van der Waals surface area contributed by atoms with E-state index in [1.165, 1.54) is 138 Å². The number of aromatic nitrogens is 10. The molecule has 26 aromatic rings. The molecule has 0 aliphatic rings. The SMILES string of the molecule is c1ccc(-c2nc(-c3ccccc3)nc(-c3cc4sc5ccc(-n6c7ccccc7c7c8c9ccccc9n(-c9ccccc9)c8ccc76)cc5c4c4ccccc34)n2)cc1.c1ccc(-c2nc(-c3ccccc3)nc(-c3cc4sc5ccc(-n6c7ccccc7c7cc8c(cc76)c6ccccc6n8-c6ccccc6)cc5c4c4ccccc34)n2)cc1. The Morgan fingerprint density at radius 2 is 0.434 bits per heavy atom. The fourth-order valence-electron chi connectivity index (χ4n) is 19.0. The lowest BCUT2D eigenvalue weighted by atomic mass is 9.98. The number of benzene rings is 18. The molecule has 0 saturated heterocycles. The predicted molar refractivity (Wildman–Crippen MR) is 510 cm³/mol. The third kappa shape index (κ3) is 11.0. The largest absolute Gasteiger partial charge is 0.309 e. The molecule has 0 saturated carbocycles. The van der Waals surface area contributed by atoms with Crippen LogP contribution in [0, 0.1) is 0 Å². The highest BCUT2D eigenvalue weighted by Gasteiger charge is 2.26. The van der Waals surface area contributed by atoms with Crippen LogP contribution >= 0.6 is 22.7 Å². The number of para-hydroxylation sites is 6. The van der Waals surface area contributed by atoms with E-state index in [4.69, 9.17) is 29.9 Å². The molecule has 12 heteroatoms. The molecule has 10 nitrogen and oxygen atoms in total. The van der Waals surface area contributed by atoms with Gasteiger partial charge in [0.2, 0.25) is 0 Å². The summed E-state index contributed by atoms with van der Waals surface area (Å²) in [6, 6.07) is 143. The van der Waals surface area contributed by atoms with E-state index in [0.29, 0.717) is 34.9 Å². The minimum absolute atomic E-state index is 0.655. The Bertz CT molecular complexity index is 8310. The zero-order chi connectivity index (χ0) is 80.0. The molecular formula is C110H66N10S2. The maximum Gasteiger partial charge on any atom is 0.164 e. The van der Waals surface area contributed by atoms with Gasteiger partial charge in [-0.25, -0.2) is 29.9 Å². The van der Waals surface area contributed by atoms with Gasteiger partial charge < -0.3 is 18.3 Å². The average Bonchev–Trinajstić information content (AvgIpc) is 1.54. The number of rotatable bonds is 10. The molecule has 0 atom stereocenters. The highest BCUT2D eigenvalue weighted by atomic mass is 32.1. The Kier molecular flexibility index (Phi) is 15.8. The molecule has 18 aromatic carbocycles. The van der Waals surface area contributed by atoms with E-state index in [1.54, 1.807) is 0 Å². The molecule has 0 fully saturated rings. The quantitative estimate of drug-likeness (QED) is 0.135. The van der Waals surface area contributed by atoms with Crippen LogP contribution in [-0.4, -0.2) is 48.2 Å². The maximum absolute atomic E-state index is 5.15. The van der Waals surface area contributed by atoms with Crippen LogP contribution in [0.15, 0.2) is 400 Å². The van der Waals surface area contributed by atoms with Gasteiger partial charge in [-0.1, -0.05) is 279 Å². The molecular weight excluding hydrogens is 1530 g/mol. The van der Waals surface area contributed by atoms with Crippen molar-refractivity contribution in [1.82, 2.24) is 48.2 Å². The van der Waals surface area contributed by atoms with Crippen molar-refractivity contribution in [2.24, 2.45) is 0 Å². The summed E-state index contributed by atoms with van der Waals surface area (Å²) in [5.41, 5.74) is 20.0.